The van der Waals surface area contributed by atoms with E-state index in [0.717, 1.165) is 50.0 Å². The Hall–Kier alpha value is -0.750. The summed E-state index contributed by atoms with van der Waals surface area (Å²) in [5.41, 5.74) is 0. The molecule has 6 nitrogen and oxygen atoms in total. The van der Waals surface area contributed by atoms with Crippen molar-refractivity contribution in [3.05, 3.63) is 0 Å². The molecule has 1 aliphatic carbocycles. The highest BCUT2D eigenvalue weighted by atomic mass is 32.2. The Morgan fingerprint density at radius 1 is 1.04 bits per heavy atom. The van der Waals surface area contributed by atoms with Gasteiger partial charge in [0.2, 0.25) is 0 Å². The molecule has 0 spiro atoms. The van der Waals surface area contributed by atoms with E-state index < -0.39 is 10.1 Å². The van der Waals surface area contributed by atoms with Gasteiger partial charge in [-0.2, -0.15) is 0 Å². The molecule has 0 aromatic heterocycles. The lowest BCUT2D eigenvalue weighted by atomic mass is 9.96. The molecule has 1 aliphatic rings. The van der Waals surface area contributed by atoms with Gasteiger partial charge in [0.1, 0.15) is 0 Å². The van der Waals surface area contributed by atoms with Crippen LogP contribution in [0.5, 0.6) is 0 Å². The van der Waals surface area contributed by atoms with Crippen LogP contribution >= 0.6 is 0 Å². The smallest absolute Gasteiger partial charge is 0.0945 e. The lowest BCUT2D eigenvalue weighted by molar-refractivity contribution is -0.925. The SMILES string of the molecule is CC[N+](CC)(CCCCS(=O)(=O)[O-])CCCN=C=NC1CCCCC1. The van der Waals surface area contributed by atoms with Gasteiger partial charge >= 0.3 is 0 Å². The summed E-state index contributed by atoms with van der Waals surface area (Å²) in [6, 6.07) is 3.31. The summed E-state index contributed by atoms with van der Waals surface area (Å²) in [5.74, 6) is -0.248. The number of quaternary nitrogens is 1. The van der Waals surface area contributed by atoms with Crippen molar-refractivity contribution < 1.29 is 17.5 Å². The first kappa shape index (κ1) is 22.3. The zero-order valence-corrected chi connectivity index (χ0v) is 16.8. The van der Waals surface area contributed by atoms with Crippen LogP contribution in [0.4, 0.5) is 0 Å². The van der Waals surface area contributed by atoms with E-state index in [1.54, 1.807) is 0 Å². The average molecular weight is 374 g/mol. The molecule has 1 rings (SSSR count). The molecule has 25 heavy (non-hydrogen) atoms. The third-order valence-electron chi connectivity index (χ3n) is 5.41. The summed E-state index contributed by atoms with van der Waals surface area (Å²) >= 11 is 0. The first-order valence-electron chi connectivity index (χ1n) is 9.81. The number of unbranched alkanes of at least 4 members (excludes halogenated alkanes) is 1. The van der Waals surface area contributed by atoms with Crippen molar-refractivity contribution in [1.29, 1.82) is 0 Å². The number of rotatable bonds is 12. The molecule has 0 N–H and O–H groups in total. The maximum Gasteiger partial charge on any atom is 0.0945 e. The highest BCUT2D eigenvalue weighted by molar-refractivity contribution is 7.85. The topological polar surface area (TPSA) is 81.9 Å². The van der Waals surface area contributed by atoms with Gasteiger partial charge in [-0.25, -0.2) is 18.4 Å². The molecule has 1 fully saturated rings. The summed E-state index contributed by atoms with van der Waals surface area (Å²) in [6.45, 7) is 9.05. The van der Waals surface area contributed by atoms with Crippen molar-refractivity contribution in [1.82, 2.24) is 0 Å². The van der Waals surface area contributed by atoms with Crippen molar-refractivity contribution in [3.63, 3.8) is 0 Å². The summed E-state index contributed by atoms with van der Waals surface area (Å²) in [4.78, 5) is 8.75. The quantitative estimate of drug-likeness (QED) is 0.228. The van der Waals surface area contributed by atoms with Gasteiger partial charge < -0.3 is 9.04 Å². The Labute approximate surface area is 153 Å². The second-order valence-electron chi connectivity index (χ2n) is 7.15. The summed E-state index contributed by atoms with van der Waals surface area (Å²) < 4.78 is 33.0. The van der Waals surface area contributed by atoms with Crippen LogP contribution in [-0.2, 0) is 10.1 Å². The van der Waals surface area contributed by atoms with E-state index in [1.807, 2.05) is 0 Å². The highest BCUT2D eigenvalue weighted by Crippen LogP contribution is 2.19. The molecule has 0 aromatic rings. The Bertz CT molecular complexity index is 518. The van der Waals surface area contributed by atoms with E-state index in [4.69, 9.17) is 0 Å². The van der Waals surface area contributed by atoms with Crippen LogP contribution in [0.2, 0.25) is 0 Å². The van der Waals surface area contributed by atoms with Crippen LogP contribution in [0.25, 0.3) is 0 Å². The molecule has 1 saturated carbocycles. The van der Waals surface area contributed by atoms with Gasteiger partial charge in [-0.15, -0.1) is 0 Å². The van der Waals surface area contributed by atoms with E-state index >= 15 is 0 Å². The molecule has 0 saturated heterocycles. The predicted octanol–water partition coefficient (Wildman–Crippen LogP) is 3.07. The molecule has 0 amide bonds. The van der Waals surface area contributed by atoms with Gasteiger partial charge in [0, 0.05) is 12.2 Å². The Balaban J connectivity index is 2.31. The van der Waals surface area contributed by atoms with Crippen LogP contribution in [0.1, 0.15) is 65.2 Å². The van der Waals surface area contributed by atoms with Crippen LogP contribution in [0, 0.1) is 0 Å². The zero-order chi connectivity index (χ0) is 18.6. The molecule has 0 bridgehead atoms. The summed E-state index contributed by atoms with van der Waals surface area (Å²) in [5, 5.41) is 0. The van der Waals surface area contributed by atoms with Crippen molar-refractivity contribution in [2.75, 3.05) is 38.5 Å². The van der Waals surface area contributed by atoms with Crippen LogP contribution in [0.3, 0.4) is 0 Å². The molecule has 0 aromatic carbocycles. The molecule has 7 heteroatoms. The van der Waals surface area contributed by atoms with E-state index in [9.17, 15) is 13.0 Å². The molecule has 0 aliphatic heterocycles. The number of aliphatic imine (C=N–C) groups is 2. The fourth-order valence-corrected chi connectivity index (χ4v) is 4.12. The molecule has 0 heterocycles. The van der Waals surface area contributed by atoms with Crippen LogP contribution in [-0.4, -0.2) is 68.0 Å². The maximum atomic E-state index is 10.7. The van der Waals surface area contributed by atoms with Gasteiger partial charge in [-0.05, 0) is 39.5 Å². The van der Waals surface area contributed by atoms with Gasteiger partial charge in [0.15, 0.2) is 0 Å². The van der Waals surface area contributed by atoms with Crippen LogP contribution < -0.4 is 0 Å². The van der Waals surface area contributed by atoms with E-state index in [2.05, 4.69) is 29.8 Å². The van der Waals surface area contributed by atoms with Gasteiger partial charge in [-0.3, -0.25) is 0 Å². The van der Waals surface area contributed by atoms with Crippen molar-refractivity contribution >= 4 is 16.1 Å². The van der Waals surface area contributed by atoms with E-state index in [1.165, 1.54) is 32.1 Å². The lowest BCUT2D eigenvalue weighted by Crippen LogP contribution is -2.49. The van der Waals surface area contributed by atoms with Gasteiger partial charge in [0.05, 0.1) is 54.9 Å². The lowest BCUT2D eigenvalue weighted by Gasteiger charge is -2.37. The average Bonchev–Trinajstić information content (AvgIpc) is 2.60. The molecule has 0 atom stereocenters. The Morgan fingerprint density at radius 2 is 1.68 bits per heavy atom. The van der Waals surface area contributed by atoms with Crippen molar-refractivity contribution in [2.45, 2.75) is 71.3 Å². The largest absolute Gasteiger partial charge is 0.748 e. The van der Waals surface area contributed by atoms with Crippen molar-refractivity contribution in [2.24, 2.45) is 9.98 Å². The fraction of sp³-hybridized carbons (Fsp3) is 0.944. The second kappa shape index (κ2) is 11.8. The minimum Gasteiger partial charge on any atom is -0.748 e. The number of hydrogen-bond donors (Lipinski definition) is 0. The Kier molecular flexibility index (Phi) is 10.5. The summed E-state index contributed by atoms with van der Waals surface area (Å²) in [6.07, 6.45) is 8.44. The van der Waals surface area contributed by atoms with E-state index in [-0.39, 0.29) is 5.75 Å². The van der Waals surface area contributed by atoms with Gasteiger partial charge in [0.25, 0.3) is 0 Å². The third-order valence-corrected chi connectivity index (χ3v) is 6.20. The molecule has 146 valence electrons. The molecular formula is C18H35N3O3S. The molecule has 0 radical (unpaired) electrons. The maximum absolute atomic E-state index is 10.7. The highest BCUT2D eigenvalue weighted by Gasteiger charge is 2.22. The molecular weight excluding hydrogens is 338 g/mol. The van der Waals surface area contributed by atoms with E-state index in [0.29, 0.717) is 12.5 Å². The van der Waals surface area contributed by atoms with Crippen molar-refractivity contribution in [3.8, 4) is 0 Å². The molecule has 0 unspecified atom stereocenters. The minimum absolute atomic E-state index is 0.248. The van der Waals surface area contributed by atoms with Gasteiger partial charge in [-0.1, -0.05) is 19.3 Å². The predicted molar refractivity (Wildman–Crippen MR) is 101 cm³/mol. The normalized spacial score (nSPS) is 16.4. The zero-order valence-electron chi connectivity index (χ0n) is 16.0. The fourth-order valence-electron chi connectivity index (χ4n) is 3.56. The van der Waals surface area contributed by atoms with Crippen LogP contribution in [0.15, 0.2) is 9.98 Å². The summed E-state index contributed by atoms with van der Waals surface area (Å²) in [7, 11) is -4.08. The standard InChI is InChI=1S/C18H35N3O3S/c1-3-21(4-2,14-8-9-16-25(22,23)24)15-10-13-19-17-20-18-11-6-5-7-12-18/h18H,3-16H2,1-2H3. The number of hydrogen-bond acceptors (Lipinski definition) is 5. The minimum atomic E-state index is -4.08. The second-order valence-corrected chi connectivity index (χ2v) is 8.67. The first-order valence-corrected chi connectivity index (χ1v) is 11.4. The monoisotopic (exact) mass is 373 g/mol. The first-order chi connectivity index (χ1) is 11.9. The Morgan fingerprint density at radius 3 is 2.28 bits per heavy atom. The third kappa shape index (κ3) is 10.1. The number of nitrogens with zero attached hydrogens (tertiary/aromatic N) is 3.